The van der Waals surface area contributed by atoms with Crippen molar-refractivity contribution in [1.82, 2.24) is 10.4 Å². The third-order valence-electron chi connectivity index (χ3n) is 4.71. The van der Waals surface area contributed by atoms with Crippen LogP contribution in [0.3, 0.4) is 0 Å². The van der Waals surface area contributed by atoms with Gasteiger partial charge in [-0.25, -0.2) is 5.43 Å². The Morgan fingerprint density at radius 2 is 1.53 bits per heavy atom. The van der Waals surface area contributed by atoms with Crippen molar-refractivity contribution < 1.29 is 4.79 Å². The number of hydrazone groups is 1. The largest absolute Gasteiger partial charge is 0.350 e. The minimum absolute atomic E-state index is 0.284. The zero-order valence-electron chi connectivity index (χ0n) is 16.5. The van der Waals surface area contributed by atoms with E-state index in [2.05, 4.69) is 15.5 Å². The average molecular weight is 412 g/mol. The van der Waals surface area contributed by atoms with Crippen molar-refractivity contribution >= 4 is 23.9 Å². The number of carbonyl (C=O) groups is 1. The van der Waals surface area contributed by atoms with Crippen molar-refractivity contribution in [3.05, 3.63) is 102 Å². The number of benzene rings is 3. The van der Waals surface area contributed by atoms with Crippen LogP contribution in [0.4, 0.5) is 0 Å². The fourth-order valence-corrected chi connectivity index (χ4v) is 3.57. The topological polar surface area (TPSA) is 57.2 Å². The highest BCUT2D eigenvalue weighted by molar-refractivity contribution is 7.98. The van der Waals surface area contributed by atoms with Crippen LogP contribution in [-0.4, -0.2) is 23.4 Å². The molecule has 0 fully saturated rings. The maximum Gasteiger partial charge on any atom is 0.288 e. The van der Waals surface area contributed by atoms with E-state index in [-0.39, 0.29) is 5.91 Å². The van der Waals surface area contributed by atoms with Crippen LogP contribution < -0.4 is 5.43 Å². The molecule has 0 spiro atoms. The molecule has 30 heavy (non-hydrogen) atoms. The van der Waals surface area contributed by atoms with Crippen molar-refractivity contribution in [3.8, 4) is 22.4 Å². The van der Waals surface area contributed by atoms with Crippen LogP contribution >= 0.6 is 11.8 Å². The third-order valence-corrected chi connectivity index (χ3v) is 5.45. The van der Waals surface area contributed by atoms with Gasteiger partial charge >= 0.3 is 0 Å². The summed E-state index contributed by atoms with van der Waals surface area (Å²) >= 11 is 1.69. The van der Waals surface area contributed by atoms with Crippen LogP contribution in [0.25, 0.3) is 22.4 Å². The predicted molar refractivity (Wildman–Crippen MR) is 125 cm³/mol. The number of thioether (sulfide) groups is 1. The van der Waals surface area contributed by atoms with Crippen molar-refractivity contribution in [2.45, 2.75) is 4.90 Å². The van der Waals surface area contributed by atoms with Gasteiger partial charge in [0.05, 0.1) is 6.21 Å². The molecule has 1 heterocycles. The van der Waals surface area contributed by atoms with E-state index in [9.17, 15) is 4.79 Å². The molecule has 0 aliphatic heterocycles. The minimum atomic E-state index is -0.284. The lowest BCUT2D eigenvalue weighted by Crippen LogP contribution is -2.18. The molecule has 0 saturated heterocycles. The van der Waals surface area contributed by atoms with Gasteiger partial charge in [0.2, 0.25) is 0 Å². The quantitative estimate of drug-likeness (QED) is 0.238. The van der Waals surface area contributed by atoms with E-state index in [0.29, 0.717) is 5.69 Å². The first-order valence-electron chi connectivity index (χ1n) is 9.56. The number of hydrogen-bond donors (Lipinski definition) is 2. The number of nitrogens with one attached hydrogen (secondary N) is 2. The number of rotatable bonds is 6. The molecule has 4 aromatic rings. The molecule has 4 nitrogen and oxygen atoms in total. The normalized spacial score (nSPS) is 11.0. The van der Waals surface area contributed by atoms with E-state index >= 15 is 0 Å². The van der Waals surface area contributed by atoms with Gasteiger partial charge in [-0.3, -0.25) is 4.79 Å². The number of carbonyl (C=O) groups excluding carboxylic acids is 1. The summed E-state index contributed by atoms with van der Waals surface area (Å²) in [5, 5.41) is 4.14. The fraction of sp³-hybridized carbons (Fsp3) is 0.0400. The Morgan fingerprint density at radius 3 is 2.17 bits per heavy atom. The lowest BCUT2D eigenvalue weighted by Gasteiger charge is -2.03. The number of aromatic nitrogens is 1. The highest BCUT2D eigenvalue weighted by Crippen LogP contribution is 2.29. The van der Waals surface area contributed by atoms with Gasteiger partial charge in [-0.2, -0.15) is 5.10 Å². The van der Waals surface area contributed by atoms with Crippen LogP contribution in [0.1, 0.15) is 16.1 Å². The van der Waals surface area contributed by atoms with Gasteiger partial charge in [-0.15, -0.1) is 11.8 Å². The molecule has 0 radical (unpaired) electrons. The Morgan fingerprint density at radius 1 is 0.900 bits per heavy atom. The standard InChI is InChI=1S/C25H21N3OS/c1-30-21-14-12-18(13-15-21)17-26-28-25(29)24-22(19-8-4-2-5-9-19)16-23(27-24)20-10-6-3-7-11-20/h2-17,27H,1H3,(H,28,29)/b26-17-. The van der Waals surface area contributed by atoms with E-state index in [1.807, 2.05) is 97.3 Å². The molecule has 2 N–H and O–H groups in total. The number of hydrogen-bond acceptors (Lipinski definition) is 3. The number of nitrogens with zero attached hydrogens (tertiary/aromatic N) is 1. The van der Waals surface area contributed by atoms with Crippen molar-refractivity contribution in [2.24, 2.45) is 5.10 Å². The van der Waals surface area contributed by atoms with Gasteiger partial charge in [0, 0.05) is 16.2 Å². The zero-order chi connectivity index (χ0) is 20.8. The third kappa shape index (κ3) is 4.53. The summed E-state index contributed by atoms with van der Waals surface area (Å²) in [6.45, 7) is 0. The van der Waals surface area contributed by atoms with E-state index in [1.54, 1.807) is 18.0 Å². The number of aromatic amines is 1. The average Bonchev–Trinajstić information content (AvgIpc) is 3.26. The predicted octanol–water partition coefficient (Wildman–Crippen LogP) is 5.83. The molecule has 4 rings (SSSR count). The molecular weight excluding hydrogens is 390 g/mol. The van der Waals surface area contributed by atoms with E-state index in [4.69, 9.17) is 0 Å². The lowest BCUT2D eigenvalue weighted by molar-refractivity contribution is 0.0951. The SMILES string of the molecule is CSc1ccc(/C=N\NC(=O)c2[nH]c(-c3ccccc3)cc2-c2ccccc2)cc1. The van der Waals surface area contributed by atoms with Crippen LogP contribution in [0.2, 0.25) is 0 Å². The van der Waals surface area contributed by atoms with Gasteiger partial charge in [0.25, 0.3) is 5.91 Å². The summed E-state index contributed by atoms with van der Waals surface area (Å²) in [6, 6.07) is 29.8. The molecule has 0 bridgehead atoms. The summed E-state index contributed by atoms with van der Waals surface area (Å²) in [5.74, 6) is -0.284. The molecule has 148 valence electrons. The van der Waals surface area contributed by atoms with Gasteiger partial charge in [-0.1, -0.05) is 72.8 Å². The first-order chi connectivity index (χ1) is 14.7. The van der Waals surface area contributed by atoms with Crippen LogP contribution in [0.15, 0.2) is 101 Å². The monoisotopic (exact) mass is 411 g/mol. The van der Waals surface area contributed by atoms with E-state index in [1.165, 1.54) is 4.90 Å². The van der Waals surface area contributed by atoms with Gasteiger partial charge in [0.15, 0.2) is 0 Å². The highest BCUT2D eigenvalue weighted by atomic mass is 32.2. The Balaban J connectivity index is 1.60. The molecule has 0 aliphatic carbocycles. The summed E-state index contributed by atoms with van der Waals surface area (Å²) in [5.41, 5.74) is 7.76. The van der Waals surface area contributed by atoms with E-state index < -0.39 is 0 Å². The van der Waals surface area contributed by atoms with Crippen molar-refractivity contribution in [2.75, 3.05) is 6.26 Å². The van der Waals surface area contributed by atoms with Crippen LogP contribution in [0.5, 0.6) is 0 Å². The molecule has 1 aromatic heterocycles. The molecule has 0 unspecified atom stereocenters. The highest BCUT2D eigenvalue weighted by Gasteiger charge is 2.17. The minimum Gasteiger partial charge on any atom is -0.350 e. The maximum absolute atomic E-state index is 12.9. The summed E-state index contributed by atoms with van der Waals surface area (Å²) < 4.78 is 0. The van der Waals surface area contributed by atoms with Crippen molar-refractivity contribution in [3.63, 3.8) is 0 Å². The smallest absolute Gasteiger partial charge is 0.288 e. The lowest BCUT2D eigenvalue weighted by atomic mass is 10.0. The first kappa shape index (κ1) is 19.7. The van der Waals surface area contributed by atoms with Crippen LogP contribution in [0, 0.1) is 0 Å². The Bertz CT molecular complexity index is 1150. The van der Waals surface area contributed by atoms with Crippen molar-refractivity contribution in [1.29, 1.82) is 0 Å². The molecule has 0 atom stereocenters. The summed E-state index contributed by atoms with van der Waals surface area (Å²) in [7, 11) is 0. The summed E-state index contributed by atoms with van der Waals surface area (Å²) in [6.07, 6.45) is 3.68. The first-order valence-corrected chi connectivity index (χ1v) is 10.8. The number of H-pyrrole nitrogens is 1. The Kier molecular flexibility index (Phi) is 6.11. The summed E-state index contributed by atoms with van der Waals surface area (Å²) in [4.78, 5) is 17.4. The molecule has 1 amide bonds. The Hall–Kier alpha value is -3.57. The number of amides is 1. The Labute approximate surface area is 180 Å². The fourth-order valence-electron chi connectivity index (χ4n) is 3.16. The second kappa shape index (κ2) is 9.29. The van der Waals surface area contributed by atoms with E-state index in [0.717, 1.165) is 27.9 Å². The second-order valence-corrected chi connectivity index (χ2v) is 7.56. The van der Waals surface area contributed by atoms with Gasteiger partial charge < -0.3 is 4.98 Å². The molecule has 0 aliphatic rings. The molecule has 3 aromatic carbocycles. The molecular formula is C25H21N3OS. The van der Waals surface area contributed by atoms with Gasteiger partial charge in [-0.05, 0) is 41.1 Å². The molecule has 0 saturated carbocycles. The zero-order valence-corrected chi connectivity index (χ0v) is 17.3. The van der Waals surface area contributed by atoms with Gasteiger partial charge in [0.1, 0.15) is 5.69 Å². The maximum atomic E-state index is 12.9. The molecule has 5 heteroatoms. The van der Waals surface area contributed by atoms with Crippen LogP contribution in [-0.2, 0) is 0 Å². The second-order valence-electron chi connectivity index (χ2n) is 6.68.